The van der Waals surface area contributed by atoms with Crippen molar-refractivity contribution in [3.05, 3.63) is 18.5 Å². The maximum atomic E-state index is 11.5. The Labute approximate surface area is 158 Å². The highest BCUT2D eigenvalue weighted by atomic mass is 16.5. The Bertz CT molecular complexity index is 714. The van der Waals surface area contributed by atoms with E-state index in [4.69, 9.17) is 9.47 Å². The first kappa shape index (κ1) is 19.1. The molecule has 2 heterocycles. The van der Waals surface area contributed by atoms with E-state index in [-0.39, 0.29) is 24.5 Å². The number of hydrogen-bond acceptors (Lipinski definition) is 8. The Hall–Kier alpha value is -2.71. The Kier molecular flexibility index (Phi) is 6.95. The second-order valence-corrected chi connectivity index (χ2v) is 6.41. The van der Waals surface area contributed by atoms with Gasteiger partial charge in [-0.05, 0) is 38.7 Å². The monoisotopic (exact) mass is 374 g/mol. The molecule has 0 amide bonds. The van der Waals surface area contributed by atoms with Crippen molar-refractivity contribution in [3.63, 3.8) is 0 Å². The van der Waals surface area contributed by atoms with Crippen molar-refractivity contribution in [3.8, 4) is 12.0 Å². The number of carbonyl (C=O) groups excluding carboxylic acids is 1. The van der Waals surface area contributed by atoms with Gasteiger partial charge in [0.05, 0.1) is 13.0 Å². The highest BCUT2D eigenvalue weighted by molar-refractivity contribution is 5.69. The zero-order valence-corrected chi connectivity index (χ0v) is 15.6. The van der Waals surface area contributed by atoms with E-state index in [0.29, 0.717) is 25.0 Å². The molecule has 0 saturated heterocycles. The van der Waals surface area contributed by atoms with Gasteiger partial charge < -0.3 is 14.8 Å². The first-order chi connectivity index (χ1) is 13.2. The largest absolute Gasteiger partial charge is 0.466 e. The van der Waals surface area contributed by atoms with Gasteiger partial charge in [0, 0.05) is 18.9 Å². The van der Waals surface area contributed by atoms with E-state index in [9.17, 15) is 4.79 Å². The Morgan fingerprint density at radius 2 is 2.04 bits per heavy atom. The number of carbonyl (C=O) groups is 1. The molecule has 0 spiro atoms. The molecule has 146 valence electrons. The van der Waals surface area contributed by atoms with Gasteiger partial charge >= 0.3 is 12.0 Å². The lowest BCUT2D eigenvalue weighted by atomic mass is 10.2. The highest BCUT2D eigenvalue weighted by Gasteiger charge is 2.17. The highest BCUT2D eigenvalue weighted by Crippen LogP contribution is 2.21. The third-order valence-electron chi connectivity index (χ3n) is 4.30. The third kappa shape index (κ3) is 5.90. The summed E-state index contributed by atoms with van der Waals surface area (Å²) in [5.74, 6) is 0.460. The molecule has 1 aliphatic carbocycles. The summed E-state index contributed by atoms with van der Waals surface area (Å²) in [6, 6.07) is 2.07. The van der Waals surface area contributed by atoms with Gasteiger partial charge in [-0.2, -0.15) is 20.1 Å². The molecule has 0 aromatic carbocycles. The standard InChI is InChI=1S/C18H26N6O3/c1-2-26-15(25)10-12-19-16-21-17(24-13-7-11-20-24)23-18(22-16)27-14-8-5-3-4-6-9-14/h7,11,13-14H,2-6,8-10,12H2,1H3,(H,19,21,22,23). The van der Waals surface area contributed by atoms with Crippen molar-refractivity contribution in [1.82, 2.24) is 24.7 Å². The molecule has 0 bridgehead atoms. The van der Waals surface area contributed by atoms with Crippen molar-refractivity contribution < 1.29 is 14.3 Å². The summed E-state index contributed by atoms with van der Waals surface area (Å²) < 4.78 is 12.5. The van der Waals surface area contributed by atoms with Crippen molar-refractivity contribution in [2.75, 3.05) is 18.5 Å². The van der Waals surface area contributed by atoms with Crippen LogP contribution in [0.15, 0.2) is 18.5 Å². The third-order valence-corrected chi connectivity index (χ3v) is 4.30. The van der Waals surface area contributed by atoms with Gasteiger partial charge in [-0.15, -0.1) is 0 Å². The fourth-order valence-corrected chi connectivity index (χ4v) is 2.99. The van der Waals surface area contributed by atoms with Crippen LogP contribution in [0.2, 0.25) is 0 Å². The lowest BCUT2D eigenvalue weighted by Crippen LogP contribution is -2.19. The molecule has 9 heteroatoms. The Balaban J connectivity index is 1.71. The minimum atomic E-state index is -0.263. The molecule has 1 saturated carbocycles. The Morgan fingerprint density at radius 1 is 1.22 bits per heavy atom. The van der Waals surface area contributed by atoms with E-state index < -0.39 is 0 Å². The van der Waals surface area contributed by atoms with Crippen molar-refractivity contribution in [2.24, 2.45) is 0 Å². The van der Waals surface area contributed by atoms with Crippen LogP contribution >= 0.6 is 0 Å². The molecule has 2 aromatic heterocycles. The van der Waals surface area contributed by atoms with Crippen LogP contribution in [0.5, 0.6) is 6.01 Å². The molecule has 27 heavy (non-hydrogen) atoms. The summed E-state index contributed by atoms with van der Waals surface area (Å²) in [6.07, 6.45) is 10.6. The summed E-state index contributed by atoms with van der Waals surface area (Å²) in [4.78, 5) is 24.6. The summed E-state index contributed by atoms with van der Waals surface area (Å²) in [6.45, 7) is 2.52. The SMILES string of the molecule is CCOC(=O)CCNc1nc(OC2CCCCCC2)nc(-n2cccn2)n1. The lowest BCUT2D eigenvalue weighted by molar-refractivity contribution is -0.142. The quantitative estimate of drug-likeness (QED) is 0.555. The van der Waals surface area contributed by atoms with E-state index in [2.05, 4.69) is 25.4 Å². The number of ether oxygens (including phenoxy) is 2. The molecule has 1 N–H and O–H groups in total. The van der Waals surface area contributed by atoms with Gasteiger partial charge in [-0.25, -0.2) is 4.68 Å². The number of nitrogens with zero attached hydrogens (tertiary/aromatic N) is 5. The lowest BCUT2D eigenvalue weighted by Gasteiger charge is -2.16. The predicted molar refractivity (Wildman–Crippen MR) is 98.8 cm³/mol. The molecule has 0 aliphatic heterocycles. The molecule has 1 aliphatic rings. The second kappa shape index (κ2) is 9.84. The molecule has 3 rings (SSSR count). The van der Waals surface area contributed by atoms with Gasteiger partial charge in [0.1, 0.15) is 6.10 Å². The van der Waals surface area contributed by atoms with E-state index >= 15 is 0 Å². The van der Waals surface area contributed by atoms with Gasteiger partial charge in [0.2, 0.25) is 5.95 Å². The van der Waals surface area contributed by atoms with Crippen LogP contribution in [0.1, 0.15) is 51.9 Å². The van der Waals surface area contributed by atoms with E-state index in [1.54, 1.807) is 30.1 Å². The molecule has 1 fully saturated rings. The first-order valence-corrected chi connectivity index (χ1v) is 9.57. The maximum Gasteiger partial charge on any atom is 0.323 e. The number of esters is 1. The number of anilines is 1. The van der Waals surface area contributed by atoms with E-state index in [1.807, 2.05) is 0 Å². The summed E-state index contributed by atoms with van der Waals surface area (Å²) in [5, 5.41) is 7.21. The molecule has 0 atom stereocenters. The van der Waals surface area contributed by atoms with E-state index in [0.717, 1.165) is 25.7 Å². The second-order valence-electron chi connectivity index (χ2n) is 6.41. The molecule has 2 aromatic rings. The van der Waals surface area contributed by atoms with Crippen LogP contribution in [0.3, 0.4) is 0 Å². The van der Waals surface area contributed by atoms with Crippen LogP contribution < -0.4 is 10.1 Å². The minimum Gasteiger partial charge on any atom is -0.466 e. The number of aromatic nitrogens is 5. The van der Waals surface area contributed by atoms with Crippen LogP contribution in [0, 0.1) is 0 Å². The van der Waals surface area contributed by atoms with Crippen LogP contribution in [0.4, 0.5) is 5.95 Å². The molecular weight excluding hydrogens is 348 g/mol. The topological polar surface area (TPSA) is 104 Å². The first-order valence-electron chi connectivity index (χ1n) is 9.57. The average Bonchev–Trinajstić information content (AvgIpc) is 3.08. The zero-order chi connectivity index (χ0) is 18.9. The number of nitrogens with one attached hydrogen (secondary N) is 1. The van der Waals surface area contributed by atoms with Gasteiger partial charge in [0.15, 0.2) is 0 Å². The molecule has 0 unspecified atom stereocenters. The fraction of sp³-hybridized carbons (Fsp3) is 0.611. The normalized spacial score (nSPS) is 15.1. The predicted octanol–water partition coefficient (Wildman–Crippen LogP) is 2.52. The molecule has 0 radical (unpaired) electrons. The van der Waals surface area contributed by atoms with Gasteiger partial charge in [-0.3, -0.25) is 4.79 Å². The minimum absolute atomic E-state index is 0.118. The van der Waals surface area contributed by atoms with Gasteiger partial charge in [0.25, 0.3) is 5.95 Å². The van der Waals surface area contributed by atoms with Crippen molar-refractivity contribution >= 4 is 11.9 Å². The molecular formula is C18H26N6O3. The van der Waals surface area contributed by atoms with E-state index in [1.165, 1.54) is 12.8 Å². The maximum absolute atomic E-state index is 11.5. The summed E-state index contributed by atoms with van der Waals surface area (Å²) >= 11 is 0. The summed E-state index contributed by atoms with van der Waals surface area (Å²) in [7, 11) is 0. The number of hydrogen-bond donors (Lipinski definition) is 1. The number of rotatable bonds is 8. The Morgan fingerprint density at radius 3 is 2.74 bits per heavy atom. The van der Waals surface area contributed by atoms with Gasteiger partial charge in [-0.1, -0.05) is 12.8 Å². The average molecular weight is 374 g/mol. The summed E-state index contributed by atoms with van der Waals surface area (Å²) in [5.41, 5.74) is 0. The van der Waals surface area contributed by atoms with Crippen molar-refractivity contribution in [1.29, 1.82) is 0 Å². The van der Waals surface area contributed by atoms with Crippen molar-refractivity contribution in [2.45, 2.75) is 58.0 Å². The van der Waals surface area contributed by atoms with Crippen LogP contribution in [-0.2, 0) is 9.53 Å². The fourth-order valence-electron chi connectivity index (χ4n) is 2.99. The zero-order valence-electron chi connectivity index (χ0n) is 15.6. The van der Waals surface area contributed by atoms with Crippen LogP contribution in [-0.4, -0.2) is 50.0 Å². The molecule has 9 nitrogen and oxygen atoms in total. The smallest absolute Gasteiger partial charge is 0.323 e. The van der Waals surface area contributed by atoms with Crippen LogP contribution in [0.25, 0.3) is 5.95 Å².